The standard InChI is InChI=1S/C26H24N4O2/c1-30(14-13-18-5-3-2-4-6-18)26-21-10-9-20(27)16-22(21)28-25(29-26)12-8-19-7-11-23-24(15-19)32-17-31-23/h2-12,15-16H,13-14,17,27H2,1H3/b12-8+. The lowest BCUT2D eigenvalue weighted by Gasteiger charge is -2.20. The van der Waals surface area contributed by atoms with Gasteiger partial charge in [0, 0.05) is 24.7 Å². The van der Waals surface area contributed by atoms with Crippen molar-refractivity contribution in [3.05, 3.63) is 83.7 Å². The molecule has 1 aliphatic rings. The third-order valence-corrected chi connectivity index (χ3v) is 5.48. The van der Waals surface area contributed by atoms with E-state index in [1.54, 1.807) is 0 Å². The monoisotopic (exact) mass is 424 g/mol. The van der Waals surface area contributed by atoms with Gasteiger partial charge in [-0.2, -0.15) is 0 Å². The molecule has 0 radical (unpaired) electrons. The first-order chi connectivity index (χ1) is 15.7. The lowest BCUT2D eigenvalue weighted by molar-refractivity contribution is 0.174. The molecule has 3 aromatic carbocycles. The summed E-state index contributed by atoms with van der Waals surface area (Å²) in [5.41, 5.74) is 9.83. The topological polar surface area (TPSA) is 73.5 Å². The van der Waals surface area contributed by atoms with Crippen LogP contribution in [0.4, 0.5) is 11.5 Å². The molecule has 0 unspecified atom stereocenters. The Labute approximate surface area is 186 Å². The number of nitrogen functional groups attached to an aromatic ring is 1. The Balaban J connectivity index is 1.45. The molecule has 0 bridgehead atoms. The van der Waals surface area contributed by atoms with Crippen molar-refractivity contribution in [2.75, 3.05) is 31.0 Å². The molecule has 2 N–H and O–H groups in total. The number of likely N-dealkylation sites (N-methyl/N-ethyl adjacent to an activating group) is 1. The molecule has 0 spiro atoms. The Kier molecular flexibility index (Phi) is 5.34. The van der Waals surface area contributed by atoms with Crippen molar-refractivity contribution in [3.8, 4) is 11.5 Å². The number of aromatic nitrogens is 2. The summed E-state index contributed by atoms with van der Waals surface area (Å²) >= 11 is 0. The van der Waals surface area contributed by atoms with Crippen LogP contribution in [0.25, 0.3) is 23.1 Å². The number of anilines is 2. The maximum absolute atomic E-state index is 6.03. The normalized spacial score (nSPS) is 12.5. The number of ether oxygens (including phenoxy) is 2. The Morgan fingerprint density at radius 3 is 2.66 bits per heavy atom. The molecule has 160 valence electrons. The molecule has 5 rings (SSSR count). The van der Waals surface area contributed by atoms with E-state index in [4.69, 9.17) is 25.2 Å². The average Bonchev–Trinajstić information content (AvgIpc) is 3.29. The summed E-state index contributed by atoms with van der Waals surface area (Å²) in [5, 5.41) is 0.981. The maximum Gasteiger partial charge on any atom is 0.231 e. The fourth-order valence-electron chi connectivity index (χ4n) is 3.75. The largest absolute Gasteiger partial charge is 0.454 e. The van der Waals surface area contributed by atoms with Crippen molar-refractivity contribution in [3.63, 3.8) is 0 Å². The van der Waals surface area contributed by atoms with Gasteiger partial charge in [-0.15, -0.1) is 0 Å². The van der Waals surface area contributed by atoms with Gasteiger partial charge >= 0.3 is 0 Å². The van der Waals surface area contributed by atoms with Crippen molar-refractivity contribution in [2.24, 2.45) is 0 Å². The van der Waals surface area contributed by atoms with Gasteiger partial charge in [-0.1, -0.05) is 42.5 Å². The Bertz CT molecular complexity index is 1290. The van der Waals surface area contributed by atoms with Crippen LogP contribution >= 0.6 is 0 Å². The zero-order chi connectivity index (χ0) is 21.9. The van der Waals surface area contributed by atoms with E-state index < -0.39 is 0 Å². The molecule has 0 saturated heterocycles. The van der Waals surface area contributed by atoms with Gasteiger partial charge in [0.05, 0.1) is 5.52 Å². The number of hydrogen-bond donors (Lipinski definition) is 1. The third-order valence-electron chi connectivity index (χ3n) is 5.48. The van der Waals surface area contributed by atoms with Crippen LogP contribution < -0.4 is 20.1 Å². The molecular formula is C26H24N4O2. The second-order valence-corrected chi connectivity index (χ2v) is 7.79. The molecule has 32 heavy (non-hydrogen) atoms. The lowest BCUT2D eigenvalue weighted by atomic mass is 10.1. The number of nitrogens with zero attached hydrogens (tertiary/aromatic N) is 3. The number of benzene rings is 3. The average molecular weight is 425 g/mol. The zero-order valence-corrected chi connectivity index (χ0v) is 17.9. The van der Waals surface area contributed by atoms with E-state index in [9.17, 15) is 0 Å². The number of hydrogen-bond acceptors (Lipinski definition) is 6. The molecule has 1 aromatic heterocycles. The van der Waals surface area contributed by atoms with E-state index in [1.807, 2.05) is 54.6 Å². The van der Waals surface area contributed by atoms with Crippen LogP contribution in [0.5, 0.6) is 11.5 Å². The van der Waals surface area contributed by atoms with E-state index >= 15 is 0 Å². The summed E-state index contributed by atoms with van der Waals surface area (Å²) in [4.78, 5) is 11.8. The molecule has 0 saturated carbocycles. The first-order valence-electron chi connectivity index (χ1n) is 10.6. The molecule has 0 aliphatic carbocycles. The summed E-state index contributed by atoms with van der Waals surface area (Å²) in [6.07, 6.45) is 4.82. The first kappa shape index (κ1) is 19.9. The maximum atomic E-state index is 6.03. The summed E-state index contributed by atoms with van der Waals surface area (Å²) in [5.74, 6) is 3.03. The summed E-state index contributed by atoms with van der Waals surface area (Å²) in [6.45, 7) is 1.10. The fraction of sp³-hybridized carbons (Fsp3) is 0.154. The van der Waals surface area contributed by atoms with Crippen LogP contribution in [0.2, 0.25) is 0 Å². The third kappa shape index (κ3) is 4.21. The predicted molar refractivity (Wildman–Crippen MR) is 129 cm³/mol. The SMILES string of the molecule is CN(CCc1ccccc1)c1nc(/C=C/c2ccc3c(c2)OCO3)nc2cc(N)ccc12. The minimum absolute atomic E-state index is 0.260. The van der Waals surface area contributed by atoms with Crippen LogP contribution in [0.3, 0.4) is 0 Å². The quantitative estimate of drug-likeness (QED) is 0.449. The van der Waals surface area contributed by atoms with Crippen LogP contribution in [0.1, 0.15) is 17.0 Å². The molecule has 1 aliphatic heterocycles. The van der Waals surface area contributed by atoms with Crippen LogP contribution in [0.15, 0.2) is 66.7 Å². The first-order valence-corrected chi connectivity index (χ1v) is 10.6. The minimum atomic E-state index is 0.260. The number of fused-ring (bicyclic) bond motifs is 2. The van der Waals surface area contributed by atoms with Gasteiger partial charge in [0.1, 0.15) is 5.82 Å². The highest BCUT2D eigenvalue weighted by atomic mass is 16.7. The van der Waals surface area contributed by atoms with E-state index in [-0.39, 0.29) is 6.79 Å². The summed E-state index contributed by atoms with van der Waals surface area (Å²) in [6, 6.07) is 22.1. The Hall–Kier alpha value is -4.06. The van der Waals surface area contributed by atoms with Crippen molar-refractivity contribution in [2.45, 2.75) is 6.42 Å². The van der Waals surface area contributed by atoms with E-state index in [1.165, 1.54) is 5.56 Å². The van der Waals surface area contributed by atoms with Crippen molar-refractivity contribution >= 4 is 34.6 Å². The summed E-state index contributed by atoms with van der Waals surface area (Å²) < 4.78 is 10.9. The molecule has 0 amide bonds. The highest BCUT2D eigenvalue weighted by Crippen LogP contribution is 2.33. The van der Waals surface area contributed by atoms with Crippen LogP contribution in [0, 0.1) is 0 Å². The highest BCUT2D eigenvalue weighted by Gasteiger charge is 2.13. The zero-order valence-electron chi connectivity index (χ0n) is 17.9. The Morgan fingerprint density at radius 1 is 0.938 bits per heavy atom. The van der Waals surface area contributed by atoms with E-state index in [0.29, 0.717) is 11.5 Å². The molecular weight excluding hydrogens is 400 g/mol. The van der Waals surface area contributed by atoms with Crippen LogP contribution in [-0.2, 0) is 6.42 Å². The van der Waals surface area contributed by atoms with E-state index in [2.05, 4.69) is 36.2 Å². The number of rotatable bonds is 6. The molecule has 2 heterocycles. The number of nitrogens with two attached hydrogens (primary N) is 1. The van der Waals surface area contributed by atoms with Crippen molar-refractivity contribution in [1.29, 1.82) is 0 Å². The fourth-order valence-corrected chi connectivity index (χ4v) is 3.75. The van der Waals surface area contributed by atoms with Gasteiger partial charge in [0.25, 0.3) is 0 Å². The van der Waals surface area contributed by atoms with Gasteiger partial charge in [-0.25, -0.2) is 9.97 Å². The van der Waals surface area contributed by atoms with Crippen LogP contribution in [-0.4, -0.2) is 30.4 Å². The van der Waals surface area contributed by atoms with Gasteiger partial charge in [0.15, 0.2) is 17.3 Å². The molecule has 0 fully saturated rings. The lowest BCUT2D eigenvalue weighted by Crippen LogP contribution is -2.22. The van der Waals surface area contributed by atoms with Gasteiger partial charge in [-0.05, 0) is 54.0 Å². The molecule has 6 heteroatoms. The Morgan fingerprint density at radius 2 is 1.78 bits per heavy atom. The second-order valence-electron chi connectivity index (χ2n) is 7.79. The molecule has 0 atom stereocenters. The predicted octanol–water partition coefficient (Wildman–Crippen LogP) is 4.79. The van der Waals surface area contributed by atoms with Gasteiger partial charge in [0.2, 0.25) is 6.79 Å². The second kappa shape index (κ2) is 8.59. The van der Waals surface area contributed by atoms with Crippen molar-refractivity contribution < 1.29 is 9.47 Å². The van der Waals surface area contributed by atoms with Crippen molar-refractivity contribution in [1.82, 2.24) is 9.97 Å². The minimum Gasteiger partial charge on any atom is -0.454 e. The van der Waals surface area contributed by atoms with E-state index in [0.717, 1.165) is 46.7 Å². The van der Waals surface area contributed by atoms with Gasteiger partial charge < -0.3 is 20.1 Å². The van der Waals surface area contributed by atoms with Gasteiger partial charge in [-0.3, -0.25) is 0 Å². The summed E-state index contributed by atoms with van der Waals surface area (Å²) in [7, 11) is 2.06. The highest BCUT2D eigenvalue weighted by molar-refractivity contribution is 5.92. The molecule has 6 nitrogen and oxygen atoms in total. The smallest absolute Gasteiger partial charge is 0.231 e. The molecule has 4 aromatic rings.